The molecule has 0 aromatic rings. The van der Waals surface area contributed by atoms with E-state index in [2.05, 4.69) is 0 Å². The first-order valence-electron chi connectivity index (χ1n) is 3.88. The maximum atomic E-state index is 9.23. The maximum absolute atomic E-state index is 9.23. The highest BCUT2D eigenvalue weighted by Gasteiger charge is 2.41. The minimum Gasteiger partial charge on any atom is -0.394 e. The summed E-state index contributed by atoms with van der Waals surface area (Å²) in [5.74, 6) is 0. The van der Waals surface area contributed by atoms with Crippen LogP contribution in [-0.4, -0.2) is 57.6 Å². The summed E-state index contributed by atoms with van der Waals surface area (Å²) < 4.78 is 5.02. The van der Waals surface area contributed by atoms with E-state index in [1.54, 1.807) is 6.92 Å². The number of hydrogen-bond donors (Lipinski definition) is 4. The molecule has 1 fully saturated rings. The Morgan fingerprint density at radius 2 is 1.67 bits per heavy atom. The highest BCUT2D eigenvalue weighted by molar-refractivity contribution is 4.89. The molecule has 5 heteroatoms. The van der Waals surface area contributed by atoms with Crippen molar-refractivity contribution in [2.75, 3.05) is 6.61 Å². The van der Waals surface area contributed by atoms with Crippen molar-refractivity contribution in [3.05, 3.63) is 0 Å². The molecule has 1 rings (SSSR count). The Kier molecular flexibility index (Phi) is 3.03. The van der Waals surface area contributed by atoms with Gasteiger partial charge in [-0.1, -0.05) is 0 Å². The highest BCUT2D eigenvalue weighted by atomic mass is 16.5. The fraction of sp³-hybridized carbons (Fsp3) is 1.00. The molecule has 0 spiro atoms. The summed E-state index contributed by atoms with van der Waals surface area (Å²) in [7, 11) is 0. The van der Waals surface area contributed by atoms with E-state index in [9.17, 15) is 15.3 Å². The molecule has 1 aliphatic heterocycles. The summed E-state index contributed by atoms with van der Waals surface area (Å²) in [5, 5.41) is 36.4. The lowest BCUT2D eigenvalue weighted by Crippen LogP contribution is -2.57. The van der Waals surface area contributed by atoms with Gasteiger partial charge in [0.25, 0.3) is 0 Å². The van der Waals surface area contributed by atoms with Crippen molar-refractivity contribution in [3.63, 3.8) is 0 Å². The SMILES string of the molecule is C[C@H]1O[C@H](CO)[C@H](O)[C@H](O)[C@@H]1O. The lowest BCUT2D eigenvalue weighted by atomic mass is 9.96. The molecule has 0 amide bonds. The fourth-order valence-corrected chi connectivity index (χ4v) is 1.29. The van der Waals surface area contributed by atoms with Crippen LogP contribution in [0.2, 0.25) is 0 Å². The number of hydrogen-bond acceptors (Lipinski definition) is 5. The molecule has 4 N–H and O–H groups in total. The van der Waals surface area contributed by atoms with Crippen molar-refractivity contribution >= 4 is 0 Å². The van der Waals surface area contributed by atoms with E-state index in [1.165, 1.54) is 0 Å². The second-order valence-electron chi connectivity index (χ2n) is 3.03. The molecule has 0 unspecified atom stereocenters. The van der Waals surface area contributed by atoms with Crippen LogP contribution in [0.15, 0.2) is 0 Å². The van der Waals surface area contributed by atoms with Gasteiger partial charge in [0.15, 0.2) is 0 Å². The van der Waals surface area contributed by atoms with E-state index >= 15 is 0 Å². The predicted molar refractivity (Wildman–Crippen MR) is 39.4 cm³/mol. The van der Waals surface area contributed by atoms with Gasteiger partial charge in [-0.3, -0.25) is 0 Å². The predicted octanol–water partition coefficient (Wildman–Crippen LogP) is -2.15. The molecule has 5 atom stereocenters. The number of rotatable bonds is 1. The van der Waals surface area contributed by atoms with Crippen molar-refractivity contribution in [1.29, 1.82) is 0 Å². The zero-order valence-electron chi connectivity index (χ0n) is 6.79. The average Bonchev–Trinajstić information content (AvgIpc) is 2.08. The second-order valence-corrected chi connectivity index (χ2v) is 3.03. The van der Waals surface area contributed by atoms with Gasteiger partial charge in [0, 0.05) is 0 Å². The first-order valence-corrected chi connectivity index (χ1v) is 3.88. The van der Waals surface area contributed by atoms with Crippen LogP contribution >= 0.6 is 0 Å². The molecule has 0 radical (unpaired) electrons. The Bertz CT molecular complexity index is 146. The molecule has 0 aromatic heterocycles. The third-order valence-corrected chi connectivity index (χ3v) is 2.13. The third kappa shape index (κ3) is 1.60. The molecular weight excluding hydrogens is 164 g/mol. The van der Waals surface area contributed by atoms with Gasteiger partial charge in [0.2, 0.25) is 0 Å². The van der Waals surface area contributed by atoms with Crippen LogP contribution in [0.5, 0.6) is 0 Å². The molecule has 5 nitrogen and oxygen atoms in total. The summed E-state index contributed by atoms with van der Waals surface area (Å²) in [6.45, 7) is 1.21. The third-order valence-electron chi connectivity index (χ3n) is 2.13. The average molecular weight is 178 g/mol. The summed E-state index contributed by atoms with van der Waals surface area (Å²) >= 11 is 0. The number of aliphatic hydroxyl groups is 4. The normalized spacial score (nSPS) is 49.2. The fourth-order valence-electron chi connectivity index (χ4n) is 1.29. The molecule has 0 bridgehead atoms. The molecule has 1 aliphatic rings. The van der Waals surface area contributed by atoms with Crippen LogP contribution in [0.1, 0.15) is 6.92 Å². The Balaban J connectivity index is 2.63. The zero-order valence-corrected chi connectivity index (χ0v) is 6.79. The quantitative estimate of drug-likeness (QED) is 0.367. The summed E-state index contributed by atoms with van der Waals surface area (Å²) in [4.78, 5) is 0. The van der Waals surface area contributed by atoms with Crippen molar-refractivity contribution in [1.82, 2.24) is 0 Å². The van der Waals surface area contributed by atoms with Gasteiger partial charge >= 0.3 is 0 Å². The van der Waals surface area contributed by atoms with E-state index in [-0.39, 0.29) is 6.61 Å². The second kappa shape index (κ2) is 3.68. The lowest BCUT2D eigenvalue weighted by molar-refractivity contribution is -0.224. The van der Waals surface area contributed by atoms with Gasteiger partial charge in [-0.05, 0) is 6.92 Å². The van der Waals surface area contributed by atoms with Crippen LogP contribution in [0, 0.1) is 0 Å². The highest BCUT2D eigenvalue weighted by Crippen LogP contribution is 2.20. The van der Waals surface area contributed by atoms with E-state index < -0.39 is 30.5 Å². The van der Waals surface area contributed by atoms with Gasteiger partial charge in [-0.2, -0.15) is 0 Å². The molecular formula is C7H14O5. The molecule has 1 saturated heterocycles. The maximum Gasteiger partial charge on any atom is 0.111 e. The van der Waals surface area contributed by atoms with Gasteiger partial charge < -0.3 is 25.2 Å². The van der Waals surface area contributed by atoms with E-state index in [0.29, 0.717) is 0 Å². The van der Waals surface area contributed by atoms with E-state index in [0.717, 1.165) is 0 Å². The Morgan fingerprint density at radius 1 is 1.08 bits per heavy atom. The standard InChI is InChI=1S/C7H14O5/c1-3-5(9)7(11)6(10)4(2-8)12-3/h3-11H,2H2,1H3/t3-,4-,5-,6+,7-/m1/s1. The minimum atomic E-state index is -1.24. The van der Waals surface area contributed by atoms with Crippen LogP contribution in [0.25, 0.3) is 0 Å². The van der Waals surface area contributed by atoms with Crippen molar-refractivity contribution in [2.45, 2.75) is 37.4 Å². The largest absolute Gasteiger partial charge is 0.394 e. The van der Waals surface area contributed by atoms with Crippen molar-refractivity contribution < 1.29 is 25.2 Å². The molecule has 0 saturated carbocycles. The van der Waals surface area contributed by atoms with Gasteiger partial charge in [-0.25, -0.2) is 0 Å². The van der Waals surface area contributed by atoms with Gasteiger partial charge in [-0.15, -0.1) is 0 Å². The van der Waals surface area contributed by atoms with E-state index in [1.807, 2.05) is 0 Å². The topological polar surface area (TPSA) is 90.2 Å². The number of ether oxygens (including phenoxy) is 1. The number of aliphatic hydroxyl groups excluding tert-OH is 4. The molecule has 0 aromatic carbocycles. The van der Waals surface area contributed by atoms with E-state index in [4.69, 9.17) is 9.84 Å². The van der Waals surface area contributed by atoms with Crippen molar-refractivity contribution in [2.24, 2.45) is 0 Å². The molecule has 1 heterocycles. The Hall–Kier alpha value is -0.200. The smallest absolute Gasteiger partial charge is 0.111 e. The van der Waals surface area contributed by atoms with Crippen LogP contribution in [-0.2, 0) is 4.74 Å². The van der Waals surface area contributed by atoms with Crippen molar-refractivity contribution in [3.8, 4) is 0 Å². The molecule has 0 aliphatic carbocycles. The monoisotopic (exact) mass is 178 g/mol. The summed E-state index contributed by atoms with van der Waals surface area (Å²) in [6.07, 6.45) is -4.94. The van der Waals surface area contributed by atoms with Crippen LogP contribution in [0.3, 0.4) is 0 Å². The Morgan fingerprint density at radius 3 is 2.17 bits per heavy atom. The minimum absolute atomic E-state index is 0.366. The van der Waals surface area contributed by atoms with Gasteiger partial charge in [0.1, 0.15) is 24.4 Å². The lowest BCUT2D eigenvalue weighted by Gasteiger charge is -2.38. The first kappa shape index (κ1) is 9.88. The summed E-state index contributed by atoms with van der Waals surface area (Å²) in [6, 6.07) is 0. The molecule has 12 heavy (non-hydrogen) atoms. The first-order chi connectivity index (χ1) is 5.57. The zero-order chi connectivity index (χ0) is 9.30. The van der Waals surface area contributed by atoms with Crippen LogP contribution in [0.4, 0.5) is 0 Å². The Labute approximate surface area is 70.2 Å². The molecule has 72 valence electrons. The van der Waals surface area contributed by atoms with Gasteiger partial charge in [0.05, 0.1) is 12.7 Å². The summed E-state index contributed by atoms with van der Waals surface area (Å²) in [5.41, 5.74) is 0. The van der Waals surface area contributed by atoms with Crippen LogP contribution < -0.4 is 0 Å².